The predicted octanol–water partition coefficient (Wildman–Crippen LogP) is -0.974. The van der Waals surface area contributed by atoms with Crippen LogP contribution < -0.4 is 86.5 Å². The van der Waals surface area contributed by atoms with Crippen LogP contribution in [0.5, 0.6) is 23.0 Å². The number of amides is 5. The number of nitrogens with two attached hydrogens (primary N) is 9. The monoisotopic (exact) mass is 1190 g/mol. The number of carbonyl (C=O) groups excluding carboxylic acids is 9. The molecule has 0 aliphatic heterocycles. The summed E-state index contributed by atoms with van der Waals surface area (Å²) in [4.78, 5) is 134. The van der Waals surface area contributed by atoms with Crippen LogP contribution in [0.25, 0.3) is 0 Å². The van der Waals surface area contributed by atoms with Gasteiger partial charge in [-0.2, -0.15) is 0 Å². The zero-order chi connectivity index (χ0) is 63.6. The molecule has 0 aromatic heterocycles. The van der Waals surface area contributed by atoms with E-state index in [1.807, 2.05) is 0 Å². The molecule has 86 heavy (non-hydrogen) atoms. The van der Waals surface area contributed by atoms with E-state index >= 15 is 0 Å². The smallest absolute Gasteiger partial charge is 0.255 e. The van der Waals surface area contributed by atoms with Crippen LogP contribution in [-0.2, 0) is 49.7 Å². The molecule has 5 amide bonds. The van der Waals surface area contributed by atoms with Crippen LogP contribution >= 0.6 is 0 Å². The highest BCUT2D eigenvalue weighted by Gasteiger charge is 2.29. The Morgan fingerprint density at radius 1 is 0.407 bits per heavy atom. The summed E-state index contributed by atoms with van der Waals surface area (Å²) in [6.45, 7) is 0.358. The molecular formula is C58H77N15O13. The summed E-state index contributed by atoms with van der Waals surface area (Å²) in [7, 11) is 5.37. The number of Topliss-reactive ketones (excluding diaryl/α,β-unsaturated/α-hetero) is 4. The maximum atomic E-state index is 14.4. The molecule has 4 atom stereocenters. The summed E-state index contributed by atoms with van der Waals surface area (Å²) < 4.78 is 21.8. The molecule has 0 saturated heterocycles. The van der Waals surface area contributed by atoms with Gasteiger partial charge in [0.25, 0.3) is 23.6 Å². The van der Waals surface area contributed by atoms with Gasteiger partial charge in [0.2, 0.25) is 5.91 Å². The van der Waals surface area contributed by atoms with Crippen molar-refractivity contribution in [1.82, 2.24) is 16.0 Å². The van der Waals surface area contributed by atoms with E-state index in [1.165, 1.54) is 77.0 Å². The Hall–Kier alpha value is -10.1. The number of guanidine groups is 3. The topological polar surface area (TPSA) is 498 Å². The first-order valence-electron chi connectivity index (χ1n) is 27.1. The molecule has 21 N–H and O–H groups in total. The standard InChI is InChI=1S/C58H77N15O13/c1-83-47-15-11-31(22-35(47)52(61)79)27-44(75)40(8-5-19-68-56(62)63)71-54(81)37-24-33(13-17-49(37)85-3)29-46(77)42(10-7-21-70-58(66)67)73-55(82)38-25-34(14-18-50(38)86-4)28-45(76)41(9-6-20-69-57(64)65)72-53(80)36-23-32(12-16-48(36)84-2)26-43(74)39(59)30-51(60)78/h11-18,22-25,39-42H,5-10,19-21,26-30,59H2,1-4H3,(H2,60,78)(H2,61,79)(H,71,81)(H,72,80)(H,73,82)(H4,62,63,68)(H4,64,65,69)(H4,66,67,70)/t39-,40-,41-,42-/m1/s1. The minimum Gasteiger partial charge on any atom is -0.496 e. The lowest BCUT2D eigenvalue weighted by molar-refractivity contribution is -0.124. The van der Waals surface area contributed by atoms with Gasteiger partial charge in [-0.25, -0.2) is 0 Å². The number of nitrogens with one attached hydrogen (secondary N) is 3. The molecule has 0 saturated carbocycles. The molecule has 462 valence electrons. The second kappa shape index (κ2) is 33.9. The van der Waals surface area contributed by atoms with Crippen molar-refractivity contribution in [3.8, 4) is 23.0 Å². The Morgan fingerprint density at radius 2 is 0.674 bits per heavy atom. The van der Waals surface area contributed by atoms with Crippen LogP contribution in [0.4, 0.5) is 0 Å². The summed E-state index contributed by atoms with van der Waals surface area (Å²) in [6, 6.07) is 13.3. The minimum absolute atomic E-state index is 0.0111. The summed E-state index contributed by atoms with van der Waals surface area (Å²) in [5, 5.41) is 8.35. The normalized spacial score (nSPS) is 12.1. The first kappa shape index (κ1) is 68.4. The fourth-order valence-electron chi connectivity index (χ4n) is 8.98. The van der Waals surface area contributed by atoms with Crippen LogP contribution in [-0.4, -0.2) is 143 Å². The number of hydrogen-bond donors (Lipinski definition) is 12. The minimum atomic E-state index is -1.18. The molecule has 4 rings (SSSR count). The molecule has 0 heterocycles. The maximum absolute atomic E-state index is 14.4. The molecule has 0 fully saturated rings. The maximum Gasteiger partial charge on any atom is 0.255 e. The molecule has 4 aromatic rings. The summed E-state index contributed by atoms with van der Waals surface area (Å²) >= 11 is 0. The molecule has 0 aliphatic carbocycles. The number of ether oxygens (including phenoxy) is 4. The Morgan fingerprint density at radius 3 is 0.930 bits per heavy atom. The number of rotatable bonds is 37. The lowest BCUT2D eigenvalue weighted by Gasteiger charge is -2.21. The van der Waals surface area contributed by atoms with Gasteiger partial charge in [-0.3, -0.25) is 58.1 Å². The Labute approximate surface area is 496 Å². The fraction of sp³-hybridized carbons (Fsp3) is 0.379. The molecule has 28 heteroatoms. The lowest BCUT2D eigenvalue weighted by atomic mass is 9.96. The molecule has 28 nitrogen and oxygen atoms in total. The van der Waals surface area contributed by atoms with E-state index in [0.29, 0.717) is 22.3 Å². The third kappa shape index (κ3) is 21.6. The Kier molecular flexibility index (Phi) is 26.9. The second-order valence-corrected chi connectivity index (χ2v) is 19.8. The first-order valence-corrected chi connectivity index (χ1v) is 27.1. The van der Waals surface area contributed by atoms with Crippen molar-refractivity contribution in [2.75, 3.05) is 48.1 Å². The zero-order valence-electron chi connectivity index (χ0n) is 48.5. The number of aliphatic imine (C=N–C) groups is 3. The molecule has 0 radical (unpaired) electrons. The van der Waals surface area contributed by atoms with E-state index in [1.54, 1.807) is 24.3 Å². The van der Waals surface area contributed by atoms with Crippen molar-refractivity contribution >= 4 is 70.5 Å². The molecule has 0 unspecified atom stereocenters. The number of methoxy groups -OCH3 is 4. The van der Waals surface area contributed by atoms with Crippen molar-refractivity contribution in [2.45, 2.75) is 94.8 Å². The van der Waals surface area contributed by atoms with Crippen LogP contribution in [0.1, 0.15) is 109 Å². The number of primary amides is 2. The zero-order valence-corrected chi connectivity index (χ0v) is 48.5. The second-order valence-electron chi connectivity index (χ2n) is 19.8. The van der Waals surface area contributed by atoms with Gasteiger partial charge in [0.15, 0.2) is 41.0 Å². The number of carbonyl (C=O) groups is 9. The molecule has 0 aliphatic rings. The Balaban J connectivity index is 1.62. The van der Waals surface area contributed by atoms with Crippen molar-refractivity contribution in [1.29, 1.82) is 0 Å². The average molecular weight is 1190 g/mol. The Bertz CT molecular complexity index is 3210. The highest BCUT2D eigenvalue weighted by molar-refractivity contribution is 6.04. The lowest BCUT2D eigenvalue weighted by Crippen LogP contribution is -2.42. The van der Waals surface area contributed by atoms with Crippen molar-refractivity contribution in [3.05, 3.63) is 117 Å². The predicted molar refractivity (Wildman–Crippen MR) is 321 cm³/mol. The van der Waals surface area contributed by atoms with Gasteiger partial charge in [-0.05, 0) is 109 Å². The number of benzene rings is 4. The molecule has 0 bridgehead atoms. The summed E-state index contributed by atoms with van der Waals surface area (Å²) in [5.74, 6) is -5.63. The highest BCUT2D eigenvalue weighted by atomic mass is 16.5. The highest BCUT2D eigenvalue weighted by Crippen LogP contribution is 2.26. The van der Waals surface area contributed by atoms with E-state index in [0.717, 1.165) is 0 Å². The first-order chi connectivity index (χ1) is 40.9. The third-order valence-corrected chi connectivity index (χ3v) is 13.3. The molecule has 0 spiro atoms. The van der Waals surface area contributed by atoms with Gasteiger partial charge in [-0.1, -0.05) is 24.3 Å². The number of hydrogen-bond acceptors (Lipinski definition) is 17. The van der Waals surface area contributed by atoms with E-state index in [-0.39, 0.29) is 153 Å². The average Bonchev–Trinajstić information content (AvgIpc) is 1.98. The van der Waals surface area contributed by atoms with E-state index < -0.39 is 76.8 Å². The summed E-state index contributed by atoms with van der Waals surface area (Å²) in [5.41, 5.74) is 51.3. The van der Waals surface area contributed by atoms with Crippen LogP contribution in [0.15, 0.2) is 87.8 Å². The van der Waals surface area contributed by atoms with Crippen LogP contribution in [0.3, 0.4) is 0 Å². The van der Waals surface area contributed by atoms with Crippen molar-refractivity contribution in [3.63, 3.8) is 0 Å². The number of ketones is 4. The SMILES string of the molecule is COc1ccc(CC(=O)[C@@H](CCCN=C(N)N)NC(=O)c2cc(CC(=O)[C@@H](CCCN=C(N)N)NC(=O)c3cc(CC(=O)[C@@H](CCCN=C(N)N)NC(=O)c4cc(CC(=O)[C@H](N)CC(N)=O)ccc4OC)ccc3OC)ccc2OC)cc1C(N)=O. The van der Waals surface area contributed by atoms with Gasteiger partial charge in [-0.15, -0.1) is 0 Å². The van der Waals surface area contributed by atoms with Gasteiger partial charge < -0.3 is 86.5 Å². The molecule has 4 aromatic carbocycles. The summed E-state index contributed by atoms with van der Waals surface area (Å²) in [6.07, 6.45) is -0.496. The van der Waals surface area contributed by atoms with E-state index in [2.05, 4.69) is 30.9 Å². The van der Waals surface area contributed by atoms with Gasteiger partial charge >= 0.3 is 0 Å². The largest absolute Gasteiger partial charge is 0.496 e. The van der Waals surface area contributed by atoms with Crippen molar-refractivity contribution < 1.29 is 62.1 Å². The van der Waals surface area contributed by atoms with Crippen molar-refractivity contribution in [2.24, 2.45) is 66.6 Å². The third-order valence-electron chi connectivity index (χ3n) is 13.3. The molecular weight excluding hydrogens is 1110 g/mol. The van der Waals surface area contributed by atoms with E-state index in [4.69, 9.17) is 70.6 Å². The van der Waals surface area contributed by atoms with E-state index in [9.17, 15) is 43.2 Å². The quantitative estimate of drug-likeness (QED) is 0.0147. The van der Waals surface area contributed by atoms with Crippen LogP contribution in [0, 0.1) is 0 Å². The van der Waals surface area contributed by atoms with Gasteiger partial charge in [0.05, 0.1) is 74.9 Å². The van der Waals surface area contributed by atoms with Crippen LogP contribution in [0.2, 0.25) is 0 Å². The van der Waals surface area contributed by atoms with Gasteiger partial charge in [0, 0.05) is 51.7 Å². The fourth-order valence-corrected chi connectivity index (χ4v) is 8.98. The van der Waals surface area contributed by atoms with Gasteiger partial charge in [0.1, 0.15) is 23.0 Å². The number of nitrogens with zero attached hydrogens (tertiary/aromatic N) is 3.